The molecule has 150 valence electrons. The van der Waals surface area contributed by atoms with E-state index in [9.17, 15) is 4.39 Å². The van der Waals surface area contributed by atoms with E-state index in [1.165, 1.54) is 12.1 Å². The summed E-state index contributed by atoms with van der Waals surface area (Å²) in [6, 6.07) is 4.36. The molecule has 0 saturated carbocycles. The molecule has 6 nitrogen and oxygen atoms in total. The topological polar surface area (TPSA) is 86.0 Å². The van der Waals surface area contributed by atoms with Gasteiger partial charge in [-0.3, -0.25) is 0 Å². The van der Waals surface area contributed by atoms with Crippen molar-refractivity contribution in [3.63, 3.8) is 0 Å². The number of hydrogen-bond donors (Lipinski definition) is 2. The average Bonchev–Trinajstić information content (AvgIpc) is 2.72. The molecule has 0 unspecified atom stereocenters. The Morgan fingerprint density at radius 2 is 2.07 bits per heavy atom. The van der Waals surface area contributed by atoms with Crippen molar-refractivity contribution >= 4 is 29.0 Å². The van der Waals surface area contributed by atoms with Gasteiger partial charge in [-0.25, -0.2) is 19.3 Å². The number of nitrogens with two attached hydrogens (primary N) is 1. The second kappa shape index (κ2) is 8.10. The summed E-state index contributed by atoms with van der Waals surface area (Å²) in [5.41, 5.74) is 9.10. The Morgan fingerprint density at radius 1 is 1.24 bits per heavy atom. The molecule has 1 atom stereocenters. The molecule has 1 aromatic carbocycles. The lowest BCUT2D eigenvalue weighted by Gasteiger charge is -2.19. The van der Waals surface area contributed by atoms with Crippen LogP contribution >= 0.6 is 23.2 Å². The molecule has 0 fully saturated rings. The summed E-state index contributed by atoms with van der Waals surface area (Å²) >= 11 is 12.3. The number of anilines is 1. The number of nitrogens with one attached hydrogen (secondary N) is 1. The van der Waals surface area contributed by atoms with Crippen molar-refractivity contribution in [2.24, 2.45) is 0 Å². The fraction of sp³-hybridized carbons (Fsp3) is 0.250. The Hall–Kier alpha value is -2.48. The van der Waals surface area contributed by atoms with Crippen LogP contribution in [0.4, 0.5) is 10.2 Å². The first-order chi connectivity index (χ1) is 13.9. The molecule has 0 bridgehead atoms. The Labute approximate surface area is 177 Å². The second-order valence-corrected chi connectivity index (χ2v) is 7.50. The maximum absolute atomic E-state index is 13.9. The summed E-state index contributed by atoms with van der Waals surface area (Å²) in [5, 5.41) is 3.51. The number of halogens is 3. The largest absolute Gasteiger partial charge is 0.482 e. The van der Waals surface area contributed by atoms with Gasteiger partial charge in [-0.2, -0.15) is 0 Å². The molecule has 3 N–H and O–H groups in total. The number of aromatic nitrogens is 3. The van der Waals surface area contributed by atoms with Crippen molar-refractivity contribution in [1.82, 2.24) is 20.3 Å². The molecule has 0 radical (unpaired) electrons. The first-order valence-corrected chi connectivity index (χ1v) is 9.81. The second-order valence-electron chi connectivity index (χ2n) is 6.72. The van der Waals surface area contributed by atoms with Crippen LogP contribution in [0.1, 0.15) is 29.8 Å². The fourth-order valence-corrected chi connectivity index (χ4v) is 3.89. The van der Waals surface area contributed by atoms with Gasteiger partial charge in [0.15, 0.2) is 17.4 Å². The SMILES string of the molecule is C[C@@H](Oc1cc(-c2ncc3c(n2)CCNC3)cnc1N)c1c(Cl)ccc(F)c1Cl. The third kappa shape index (κ3) is 3.99. The lowest BCUT2D eigenvalue weighted by molar-refractivity contribution is 0.227. The molecule has 3 heterocycles. The minimum Gasteiger partial charge on any atom is -0.482 e. The van der Waals surface area contributed by atoms with E-state index in [1.54, 1.807) is 19.2 Å². The molecule has 29 heavy (non-hydrogen) atoms. The van der Waals surface area contributed by atoms with Crippen molar-refractivity contribution < 1.29 is 9.13 Å². The van der Waals surface area contributed by atoms with E-state index in [1.807, 2.05) is 6.20 Å². The molecule has 9 heteroatoms. The zero-order valence-electron chi connectivity index (χ0n) is 15.5. The first-order valence-electron chi connectivity index (χ1n) is 9.05. The predicted molar refractivity (Wildman–Crippen MR) is 111 cm³/mol. The number of fused-ring (bicyclic) bond motifs is 1. The van der Waals surface area contributed by atoms with E-state index in [0.29, 0.717) is 27.7 Å². The molecular formula is C20H18Cl2FN5O. The molecule has 0 saturated heterocycles. The van der Waals surface area contributed by atoms with Crippen LogP contribution in [0.25, 0.3) is 11.4 Å². The summed E-state index contributed by atoms with van der Waals surface area (Å²) in [7, 11) is 0. The van der Waals surface area contributed by atoms with Gasteiger partial charge in [-0.15, -0.1) is 0 Å². The number of nitrogens with zero attached hydrogens (tertiary/aromatic N) is 3. The van der Waals surface area contributed by atoms with E-state index in [0.717, 1.165) is 30.8 Å². The van der Waals surface area contributed by atoms with Gasteiger partial charge in [0.1, 0.15) is 11.9 Å². The van der Waals surface area contributed by atoms with Gasteiger partial charge in [-0.05, 0) is 25.1 Å². The summed E-state index contributed by atoms with van der Waals surface area (Å²) in [5.74, 6) is 0.469. The minimum atomic E-state index is -0.652. The van der Waals surface area contributed by atoms with E-state index < -0.39 is 11.9 Å². The fourth-order valence-electron chi connectivity index (χ4n) is 3.21. The lowest BCUT2D eigenvalue weighted by Crippen LogP contribution is -2.25. The van der Waals surface area contributed by atoms with Crippen molar-refractivity contribution in [3.05, 3.63) is 63.3 Å². The number of nitrogen functional groups attached to an aromatic ring is 1. The van der Waals surface area contributed by atoms with Crippen LogP contribution in [0.3, 0.4) is 0 Å². The summed E-state index contributed by atoms with van der Waals surface area (Å²) in [6.07, 6.45) is 3.60. The lowest BCUT2D eigenvalue weighted by atomic mass is 10.1. The van der Waals surface area contributed by atoms with Gasteiger partial charge >= 0.3 is 0 Å². The standard InChI is InChI=1S/C20H18Cl2FN5O/c1-10(17-13(21)2-3-14(23)18(17)22)29-16-6-11(8-26-19(16)24)20-27-9-12-7-25-5-4-15(12)28-20/h2-3,6,8-10,25H,4-5,7H2,1H3,(H2,24,26)/t10-/m1/s1. The molecule has 3 aromatic rings. The molecule has 0 aliphatic carbocycles. The molecule has 0 amide bonds. The quantitative estimate of drug-likeness (QED) is 0.594. The highest BCUT2D eigenvalue weighted by Gasteiger charge is 2.20. The van der Waals surface area contributed by atoms with Crippen molar-refractivity contribution in [2.45, 2.75) is 26.0 Å². The number of hydrogen-bond acceptors (Lipinski definition) is 6. The Balaban J connectivity index is 1.65. The van der Waals surface area contributed by atoms with Gasteiger partial charge in [0.2, 0.25) is 0 Å². The van der Waals surface area contributed by atoms with E-state index in [-0.39, 0.29) is 10.8 Å². The third-order valence-corrected chi connectivity index (χ3v) is 5.45. The molecule has 0 spiro atoms. The zero-order chi connectivity index (χ0) is 20.5. The van der Waals surface area contributed by atoms with E-state index >= 15 is 0 Å². The molecular weight excluding hydrogens is 416 g/mol. The summed E-state index contributed by atoms with van der Waals surface area (Å²) in [6.45, 7) is 3.35. The Kier molecular flexibility index (Phi) is 5.54. The smallest absolute Gasteiger partial charge is 0.166 e. The monoisotopic (exact) mass is 433 g/mol. The van der Waals surface area contributed by atoms with Crippen LogP contribution in [0.15, 0.2) is 30.6 Å². The van der Waals surface area contributed by atoms with Gasteiger partial charge in [0.25, 0.3) is 0 Å². The van der Waals surface area contributed by atoms with Crippen LogP contribution < -0.4 is 15.8 Å². The Bertz CT molecular complexity index is 1080. The number of ether oxygens (including phenoxy) is 1. The van der Waals surface area contributed by atoms with Gasteiger partial charge in [-0.1, -0.05) is 23.2 Å². The highest BCUT2D eigenvalue weighted by molar-refractivity contribution is 6.36. The van der Waals surface area contributed by atoms with Crippen molar-refractivity contribution in [1.29, 1.82) is 0 Å². The van der Waals surface area contributed by atoms with Crippen molar-refractivity contribution in [3.8, 4) is 17.1 Å². The summed E-state index contributed by atoms with van der Waals surface area (Å²) < 4.78 is 19.8. The van der Waals surface area contributed by atoms with Crippen LogP contribution in [-0.4, -0.2) is 21.5 Å². The third-order valence-electron chi connectivity index (χ3n) is 4.74. The number of pyridine rings is 1. The van der Waals surface area contributed by atoms with E-state index in [2.05, 4.69) is 20.3 Å². The molecule has 1 aliphatic rings. The molecule has 2 aromatic heterocycles. The zero-order valence-corrected chi connectivity index (χ0v) is 17.1. The normalized spacial score (nSPS) is 14.3. The predicted octanol–water partition coefficient (Wildman–Crippen LogP) is 4.35. The van der Waals surface area contributed by atoms with Crippen LogP contribution in [0, 0.1) is 5.82 Å². The molecule has 1 aliphatic heterocycles. The van der Waals surface area contributed by atoms with E-state index in [4.69, 9.17) is 33.7 Å². The van der Waals surface area contributed by atoms with Gasteiger partial charge in [0.05, 0.1) is 10.7 Å². The highest BCUT2D eigenvalue weighted by atomic mass is 35.5. The van der Waals surface area contributed by atoms with Crippen LogP contribution in [0.5, 0.6) is 5.75 Å². The highest BCUT2D eigenvalue weighted by Crippen LogP contribution is 2.36. The first kappa shape index (κ1) is 19.8. The van der Waals surface area contributed by atoms with Crippen LogP contribution in [0.2, 0.25) is 10.0 Å². The van der Waals surface area contributed by atoms with Gasteiger partial charge in [0, 0.05) is 53.6 Å². The van der Waals surface area contributed by atoms with Crippen molar-refractivity contribution in [2.75, 3.05) is 12.3 Å². The maximum Gasteiger partial charge on any atom is 0.166 e. The minimum absolute atomic E-state index is 0.0840. The van der Waals surface area contributed by atoms with Crippen LogP contribution in [-0.2, 0) is 13.0 Å². The average molecular weight is 434 g/mol. The number of benzene rings is 1. The molecule has 4 rings (SSSR count). The number of rotatable bonds is 4. The van der Waals surface area contributed by atoms with Gasteiger partial charge < -0.3 is 15.8 Å². The Morgan fingerprint density at radius 3 is 2.90 bits per heavy atom. The summed E-state index contributed by atoms with van der Waals surface area (Å²) in [4.78, 5) is 13.3. The maximum atomic E-state index is 13.9.